The molecule has 0 radical (unpaired) electrons. The Balaban J connectivity index is 1.10. The number of carbonyl (C=O) groups is 2. The molecule has 2 amide bonds. The predicted octanol–water partition coefficient (Wildman–Crippen LogP) is 2.86. The van der Waals surface area contributed by atoms with E-state index in [1.165, 1.54) is 12.1 Å². The summed E-state index contributed by atoms with van der Waals surface area (Å²) in [5, 5.41) is 6.10. The standard InChI is InChI=1S/C22H24ClFN4O3/c1-13-2-5-18-25-17(8-28(18)7-13)20(30)27-22-10-21(11-22,12-22)26-19(29)9-31-14-3-4-15(23)16(24)6-14/h3-4,6,8,13H,2,5,7,9-12H2,1H3,(H,26,29)(H,27,30). The molecule has 164 valence electrons. The fraction of sp³-hybridized carbons (Fsp3) is 0.500. The van der Waals surface area contributed by atoms with Gasteiger partial charge in [-0.05, 0) is 43.7 Å². The van der Waals surface area contributed by atoms with Gasteiger partial charge < -0.3 is 19.9 Å². The van der Waals surface area contributed by atoms with Crippen molar-refractivity contribution in [3.8, 4) is 5.75 Å². The Morgan fingerprint density at radius 3 is 2.77 bits per heavy atom. The van der Waals surface area contributed by atoms with E-state index in [9.17, 15) is 14.0 Å². The third-order valence-electron chi connectivity index (χ3n) is 6.54. The van der Waals surface area contributed by atoms with Crippen LogP contribution in [0.2, 0.25) is 5.02 Å². The minimum absolute atomic E-state index is 0.00304. The molecule has 6 rings (SSSR count). The highest BCUT2D eigenvalue weighted by atomic mass is 35.5. The summed E-state index contributed by atoms with van der Waals surface area (Å²) in [6.07, 6.45) is 5.92. The van der Waals surface area contributed by atoms with Gasteiger partial charge in [0.1, 0.15) is 23.1 Å². The number of fused-ring (bicyclic) bond motifs is 1. The number of amides is 2. The number of hydrogen-bond donors (Lipinski definition) is 2. The van der Waals surface area contributed by atoms with Gasteiger partial charge in [0.05, 0.1) is 5.02 Å². The van der Waals surface area contributed by atoms with E-state index in [2.05, 4.69) is 27.1 Å². The molecule has 3 saturated carbocycles. The maximum absolute atomic E-state index is 13.4. The first-order valence-electron chi connectivity index (χ1n) is 10.5. The number of nitrogens with zero attached hydrogens (tertiary/aromatic N) is 2. The maximum Gasteiger partial charge on any atom is 0.271 e. The third-order valence-corrected chi connectivity index (χ3v) is 6.84. The van der Waals surface area contributed by atoms with Gasteiger partial charge in [-0.1, -0.05) is 18.5 Å². The molecule has 0 saturated heterocycles. The molecule has 31 heavy (non-hydrogen) atoms. The number of hydrogen-bond acceptors (Lipinski definition) is 4. The van der Waals surface area contributed by atoms with E-state index in [0.717, 1.165) is 31.3 Å². The largest absolute Gasteiger partial charge is 0.484 e. The maximum atomic E-state index is 13.4. The molecular formula is C22H24ClFN4O3. The highest BCUT2D eigenvalue weighted by Gasteiger charge is 2.69. The van der Waals surface area contributed by atoms with Gasteiger partial charge in [0.2, 0.25) is 0 Å². The van der Waals surface area contributed by atoms with Crippen LogP contribution in [-0.4, -0.2) is 39.1 Å². The molecule has 2 aromatic rings. The van der Waals surface area contributed by atoms with E-state index in [4.69, 9.17) is 16.3 Å². The average molecular weight is 447 g/mol. The van der Waals surface area contributed by atoms with Crippen LogP contribution < -0.4 is 15.4 Å². The van der Waals surface area contributed by atoms with Crippen molar-refractivity contribution >= 4 is 23.4 Å². The van der Waals surface area contributed by atoms with E-state index < -0.39 is 5.82 Å². The summed E-state index contributed by atoms with van der Waals surface area (Å²) in [7, 11) is 0. The minimum atomic E-state index is -0.593. The van der Waals surface area contributed by atoms with E-state index in [1.807, 2.05) is 6.20 Å². The minimum Gasteiger partial charge on any atom is -0.484 e. The summed E-state index contributed by atoms with van der Waals surface area (Å²) in [6, 6.07) is 4.04. The van der Waals surface area contributed by atoms with Crippen LogP contribution in [0.5, 0.6) is 5.75 Å². The van der Waals surface area contributed by atoms with E-state index in [-0.39, 0.29) is 40.3 Å². The summed E-state index contributed by atoms with van der Waals surface area (Å²) >= 11 is 5.64. The SMILES string of the molecule is CC1CCc2nc(C(=O)NC34CC(NC(=O)COc5ccc(Cl)c(F)c5)(C3)C4)cn2C1. The van der Waals surface area contributed by atoms with Crippen molar-refractivity contribution in [3.05, 3.63) is 46.8 Å². The molecule has 1 atom stereocenters. The topological polar surface area (TPSA) is 85.2 Å². The lowest BCUT2D eigenvalue weighted by Gasteiger charge is -2.70. The van der Waals surface area contributed by atoms with Crippen LogP contribution in [0.4, 0.5) is 4.39 Å². The highest BCUT2D eigenvalue weighted by molar-refractivity contribution is 6.30. The highest BCUT2D eigenvalue weighted by Crippen LogP contribution is 2.60. The average Bonchev–Trinajstić information content (AvgIpc) is 3.09. The zero-order valence-corrected chi connectivity index (χ0v) is 18.0. The summed E-state index contributed by atoms with van der Waals surface area (Å²) in [6.45, 7) is 2.90. The molecular weight excluding hydrogens is 423 g/mol. The van der Waals surface area contributed by atoms with Crippen LogP contribution in [-0.2, 0) is 17.8 Å². The second-order valence-electron chi connectivity index (χ2n) is 9.30. The van der Waals surface area contributed by atoms with Gasteiger partial charge in [-0.25, -0.2) is 9.37 Å². The van der Waals surface area contributed by atoms with E-state index >= 15 is 0 Å². The fourth-order valence-electron chi connectivity index (χ4n) is 5.13. The van der Waals surface area contributed by atoms with Crippen LogP contribution in [0.25, 0.3) is 0 Å². The smallest absolute Gasteiger partial charge is 0.271 e. The number of halogens is 2. The second kappa shape index (κ2) is 7.22. The normalized spacial score (nSPS) is 28.0. The molecule has 1 aromatic carbocycles. The van der Waals surface area contributed by atoms with Gasteiger partial charge in [0, 0.05) is 36.3 Å². The van der Waals surface area contributed by atoms with E-state index in [1.54, 1.807) is 0 Å². The fourth-order valence-corrected chi connectivity index (χ4v) is 5.25. The van der Waals surface area contributed by atoms with Gasteiger partial charge in [0.25, 0.3) is 11.8 Å². The number of nitrogens with one attached hydrogen (secondary N) is 2. The summed E-state index contributed by atoms with van der Waals surface area (Å²) < 4.78 is 20.9. The quantitative estimate of drug-likeness (QED) is 0.714. The van der Waals surface area contributed by atoms with Crippen molar-refractivity contribution in [2.24, 2.45) is 5.92 Å². The third kappa shape index (κ3) is 3.78. The zero-order chi connectivity index (χ0) is 21.8. The number of benzene rings is 1. The van der Waals surface area contributed by atoms with Crippen molar-refractivity contribution in [2.75, 3.05) is 6.61 Å². The number of aryl methyl sites for hydroxylation is 1. The number of rotatable bonds is 6. The van der Waals surface area contributed by atoms with Gasteiger partial charge >= 0.3 is 0 Å². The molecule has 1 unspecified atom stereocenters. The Hall–Kier alpha value is -2.61. The van der Waals surface area contributed by atoms with Crippen molar-refractivity contribution in [2.45, 2.75) is 56.7 Å². The van der Waals surface area contributed by atoms with Crippen LogP contribution in [0.3, 0.4) is 0 Å². The van der Waals surface area contributed by atoms with Gasteiger partial charge in [-0.3, -0.25) is 9.59 Å². The molecule has 7 nitrogen and oxygen atoms in total. The van der Waals surface area contributed by atoms with Gasteiger partial charge in [0.15, 0.2) is 6.61 Å². The molecule has 2 heterocycles. The number of ether oxygens (including phenoxy) is 1. The summed E-state index contributed by atoms with van der Waals surface area (Å²) in [5.41, 5.74) is -0.0837. The monoisotopic (exact) mass is 446 g/mol. The van der Waals surface area contributed by atoms with Crippen molar-refractivity contribution in [3.63, 3.8) is 0 Å². The van der Waals surface area contributed by atoms with E-state index in [0.29, 0.717) is 30.9 Å². The Morgan fingerprint density at radius 1 is 1.29 bits per heavy atom. The lowest BCUT2D eigenvalue weighted by molar-refractivity contribution is -0.141. The molecule has 0 spiro atoms. The number of carbonyl (C=O) groups excluding carboxylic acids is 2. The van der Waals surface area contributed by atoms with Crippen LogP contribution >= 0.6 is 11.6 Å². The van der Waals surface area contributed by atoms with Gasteiger partial charge in [-0.15, -0.1) is 0 Å². The molecule has 1 aliphatic heterocycles. The Morgan fingerprint density at radius 2 is 2.03 bits per heavy atom. The first kappa shape index (κ1) is 20.3. The first-order valence-corrected chi connectivity index (χ1v) is 10.9. The van der Waals surface area contributed by atoms with Crippen LogP contribution in [0.15, 0.2) is 24.4 Å². The summed E-state index contributed by atoms with van der Waals surface area (Å²) in [4.78, 5) is 29.4. The molecule has 3 fully saturated rings. The van der Waals surface area contributed by atoms with Crippen LogP contribution in [0.1, 0.15) is 48.9 Å². The Bertz CT molecular complexity index is 1050. The number of imidazole rings is 1. The van der Waals surface area contributed by atoms with Crippen molar-refractivity contribution in [1.82, 2.24) is 20.2 Å². The van der Waals surface area contributed by atoms with Gasteiger partial charge in [-0.2, -0.15) is 0 Å². The lowest BCUT2D eigenvalue weighted by Crippen LogP contribution is -2.84. The molecule has 2 N–H and O–H groups in total. The molecule has 2 bridgehead atoms. The Labute approximate surface area is 184 Å². The number of aromatic nitrogens is 2. The molecule has 9 heteroatoms. The van der Waals surface area contributed by atoms with Crippen molar-refractivity contribution in [1.29, 1.82) is 0 Å². The second-order valence-corrected chi connectivity index (χ2v) is 9.70. The first-order chi connectivity index (χ1) is 14.7. The van der Waals surface area contributed by atoms with Crippen LogP contribution in [0, 0.1) is 11.7 Å². The van der Waals surface area contributed by atoms with Crippen molar-refractivity contribution < 1.29 is 18.7 Å². The zero-order valence-electron chi connectivity index (χ0n) is 17.2. The summed E-state index contributed by atoms with van der Waals surface area (Å²) in [5.74, 6) is 0.806. The molecule has 1 aromatic heterocycles. The molecule has 3 aliphatic carbocycles. The lowest BCUT2D eigenvalue weighted by atomic mass is 9.44. The Kier molecular flexibility index (Phi) is 4.73. The predicted molar refractivity (Wildman–Crippen MR) is 112 cm³/mol. The molecule has 4 aliphatic rings.